The molecule has 6 heteroatoms. The van der Waals surface area contributed by atoms with Crippen LogP contribution in [0.25, 0.3) is 0 Å². The van der Waals surface area contributed by atoms with Gasteiger partial charge in [-0.3, -0.25) is 4.79 Å². The molecule has 17 heavy (non-hydrogen) atoms. The minimum Gasteiger partial charge on any atom is -0.323 e. The van der Waals surface area contributed by atoms with Crippen LogP contribution >= 0.6 is 12.4 Å². The minimum absolute atomic E-state index is 0. The molecule has 3 nitrogen and oxygen atoms in total. The molecule has 1 unspecified atom stereocenters. The van der Waals surface area contributed by atoms with Gasteiger partial charge in [0.15, 0.2) is 0 Å². The van der Waals surface area contributed by atoms with Gasteiger partial charge in [0.25, 0.3) is 0 Å². The third kappa shape index (κ3) is 4.66. The van der Waals surface area contributed by atoms with Gasteiger partial charge in [0.1, 0.15) is 11.6 Å². The van der Waals surface area contributed by atoms with Gasteiger partial charge in [0.05, 0.1) is 5.69 Å². The van der Waals surface area contributed by atoms with Crippen LogP contribution in [0.5, 0.6) is 0 Å². The smallest absolute Gasteiger partial charge is 0.228 e. The first-order valence-electron chi connectivity index (χ1n) is 4.95. The van der Waals surface area contributed by atoms with Crippen molar-refractivity contribution in [2.45, 2.75) is 6.92 Å². The van der Waals surface area contributed by atoms with Crippen molar-refractivity contribution in [3.63, 3.8) is 0 Å². The second kappa shape index (κ2) is 7.19. The number of hydrogen-bond acceptors (Lipinski definition) is 2. The minimum atomic E-state index is -0.773. The Morgan fingerprint density at radius 3 is 2.59 bits per heavy atom. The van der Waals surface area contributed by atoms with Gasteiger partial charge in [-0.25, -0.2) is 8.78 Å². The fourth-order valence-corrected chi connectivity index (χ4v) is 1.25. The van der Waals surface area contributed by atoms with Gasteiger partial charge in [0, 0.05) is 18.5 Å². The summed E-state index contributed by atoms with van der Waals surface area (Å²) in [5, 5.41) is 5.24. The van der Waals surface area contributed by atoms with E-state index in [1.54, 1.807) is 14.0 Å². The summed E-state index contributed by atoms with van der Waals surface area (Å²) >= 11 is 0. The highest BCUT2D eigenvalue weighted by Crippen LogP contribution is 2.15. The zero-order valence-electron chi connectivity index (χ0n) is 9.59. The van der Waals surface area contributed by atoms with Gasteiger partial charge < -0.3 is 10.6 Å². The number of hydrogen-bond donors (Lipinski definition) is 2. The fourth-order valence-electron chi connectivity index (χ4n) is 1.25. The van der Waals surface area contributed by atoms with Crippen LogP contribution in [-0.4, -0.2) is 19.5 Å². The van der Waals surface area contributed by atoms with Crippen LogP contribution < -0.4 is 10.6 Å². The van der Waals surface area contributed by atoms with E-state index in [2.05, 4.69) is 10.6 Å². The third-order valence-electron chi connectivity index (χ3n) is 2.15. The number of rotatable bonds is 4. The number of benzene rings is 1. The number of halogens is 3. The number of amides is 1. The molecule has 0 aromatic heterocycles. The molecule has 0 saturated heterocycles. The van der Waals surface area contributed by atoms with Crippen LogP contribution in [-0.2, 0) is 4.79 Å². The lowest BCUT2D eigenvalue weighted by molar-refractivity contribution is -0.119. The Balaban J connectivity index is 0.00000256. The van der Waals surface area contributed by atoms with Crippen molar-refractivity contribution in [1.82, 2.24) is 5.32 Å². The summed E-state index contributed by atoms with van der Waals surface area (Å²) in [7, 11) is 1.72. The van der Waals surface area contributed by atoms with Crippen LogP contribution in [0.4, 0.5) is 14.5 Å². The molecule has 0 spiro atoms. The van der Waals surface area contributed by atoms with E-state index in [0.29, 0.717) is 6.54 Å². The van der Waals surface area contributed by atoms with Crippen LogP contribution in [0, 0.1) is 17.6 Å². The quantitative estimate of drug-likeness (QED) is 0.875. The lowest BCUT2D eigenvalue weighted by atomic mass is 10.1. The first-order valence-corrected chi connectivity index (χ1v) is 4.95. The van der Waals surface area contributed by atoms with E-state index in [4.69, 9.17) is 0 Å². The summed E-state index contributed by atoms with van der Waals surface area (Å²) in [6, 6.07) is 3.04. The Labute approximate surface area is 105 Å². The highest BCUT2D eigenvalue weighted by molar-refractivity contribution is 5.92. The maximum Gasteiger partial charge on any atom is 0.228 e. The molecule has 96 valence electrons. The van der Waals surface area contributed by atoms with Gasteiger partial charge in [-0.1, -0.05) is 6.92 Å². The van der Waals surface area contributed by atoms with Crippen LogP contribution in [0.2, 0.25) is 0 Å². The maximum atomic E-state index is 13.2. The molecule has 0 heterocycles. The average molecular weight is 265 g/mol. The predicted molar refractivity (Wildman–Crippen MR) is 65.3 cm³/mol. The Morgan fingerprint density at radius 1 is 1.41 bits per heavy atom. The second-order valence-corrected chi connectivity index (χ2v) is 3.57. The lowest BCUT2D eigenvalue weighted by Crippen LogP contribution is -2.28. The summed E-state index contributed by atoms with van der Waals surface area (Å²) in [5.74, 6) is -2.03. The molecule has 1 aromatic rings. The molecular formula is C11H15ClF2N2O. The first-order chi connectivity index (χ1) is 7.54. The monoisotopic (exact) mass is 264 g/mol. The van der Waals surface area contributed by atoms with Crippen LogP contribution in [0.3, 0.4) is 0 Å². The van der Waals surface area contributed by atoms with Crippen molar-refractivity contribution in [2.24, 2.45) is 5.92 Å². The normalized spacial score (nSPS) is 11.5. The van der Waals surface area contributed by atoms with Gasteiger partial charge >= 0.3 is 0 Å². The van der Waals surface area contributed by atoms with Crippen molar-refractivity contribution >= 4 is 24.0 Å². The Morgan fingerprint density at radius 2 is 2.06 bits per heavy atom. The second-order valence-electron chi connectivity index (χ2n) is 3.57. The van der Waals surface area contributed by atoms with E-state index in [-0.39, 0.29) is 29.9 Å². The molecule has 0 aliphatic carbocycles. The average Bonchev–Trinajstić information content (AvgIpc) is 2.22. The van der Waals surface area contributed by atoms with Gasteiger partial charge in [0.2, 0.25) is 5.91 Å². The van der Waals surface area contributed by atoms with Crippen molar-refractivity contribution in [1.29, 1.82) is 0 Å². The number of anilines is 1. The zero-order valence-corrected chi connectivity index (χ0v) is 10.4. The molecule has 0 fully saturated rings. The summed E-state index contributed by atoms with van der Waals surface area (Å²) in [4.78, 5) is 11.5. The molecule has 1 atom stereocenters. The van der Waals surface area contributed by atoms with Crippen molar-refractivity contribution in [2.75, 3.05) is 18.9 Å². The van der Waals surface area contributed by atoms with E-state index in [0.717, 1.165) is 12.1 Å². The number of carbonyl (C=O) groups is 1. The molecule has 0 aliphatic heterocycles. The lowest BCUT2D eigenvalue weighted by Gasteiger charge is -2.11. The highest BCUT2D eigenvalue weighted by Gasteiger charge is 2.13. The fraction of sp³-hybridized carbons (Fsp3) is 0.364. The van der Waals surface area contributed by atoms with Crippen molar-refractivity contribution in [3.8, 4) is 0 Å². The van der Waals surface area contributed by atoms with Crippen molar-refractivity contribution in [3.05, 3.63) is 29.8 Å². The number of carbonyl (C=O) groups excluding carboxylic acids is 1. The molecule has 0 aliphatic rings. The molecule has 2 N–H and O–H groups in total. The Bertz CT molecular complexity index is 388. The van der Waals surface area contributed by atoms with Gasteiger partial charge in [-0.2, -0.15) is 0 Å². The summed E-state index contributed by atoms with van der Waals surface area (Å²) in [6.07, 6.45) is 0. The molecule has 0 saturated carbocycles. The summed E-state index contributed by atoms with van der Waals surface area (Å²) < 4.78 is 25.8. The van der Waals surface area contributed by atoms with E-state index >= 15 is 0 Å². The van der Waals surface area contributed by atoms with Crippen molar-refractivity contribution < 1.29 is 13.6 Å². The molecule has 1 rings (SSSR count). The molecule has 1 amide bonds. The molecule has 0 bridgehead atoms. The van der Waals surface area contributed by atoms with E-state index < -0.39 is 11.6 Å². The van der Waals surface area contributed by atoms with E-state index in [1.807, 2.05) is 0 Å². The molecular weight excluding hydrogens is 250 g/mol. The third-order valence-corrected chi connectivity index (χ3v) is 2.15. The predicted octanol–water partition coefficient (Wildman–Crippen LogP) is 2.18. The van der Waals surface area contributed by atoms with Gasteiger partial charge in [-0.15, -0.1) is 12.4 Å². The largest absolute Gasteiger partial charge is 0.323 e. The zero-order chi connectivity index (χ0) is 12.1. The molecule has 1 aromatic carbocycles. The Kier molecular flexibility index (Phi) is 6.68. The summed E-state index contributed by atoms with van der Waals surface area (Å²) in [5.41, 5.74) is -0.00523. The van der Waals surface area contributed by atoms with Crippen LogP contribution in [0.15, 0.2) is 18.2 Å². The topological polar surface area (TPSA) is 41.1 Å². The standard InChI is InChI=1S/C11H14F2N2O.ClH/c1-7(6-14-2)11(16)15-10-4-3-8(12)5-9(10)13;/h3-5,7,14H,6H2,1-2H3,(H,15,16);1H. The molecule has 0 radical (unpaired) electrons. The SMILES string of the molecule is CNCC(C)C(=O)Nc1ccc(F)cc1F.Cl. The Hall–Kier alpha value is -1.20. The van der Waals surface area contributed by atoms with Crippen LogP contribution in [0.1, 0.15) is 6.92 Å². The van der Waals surface area contributed by atoms with E-state index in [9.17, 15) is 13.6 Å². The highest BCUT2D eigenvalue weighted by atomic mass is 35.5. The van der Waals surface area contributed by atoms with E-state index in [1.165, 1.54) is 6.07 Å². The maximum absolute atomic E-state index is 13.2. The van der Waals surface area contributed by atoms with Gasteiger partial charge in [-0.05, 0) is 19.2 Å². The first kappa shape index (κ1) is 15.8. The summed E-state index contributed by atoms with van der Waals surface area (Å²) in [6.45, 7) is 2.21. The number of nitrogens with one attached hydrogen (secondary N) is 2.